The van der Waals surface area contributed by atoms with Gasteiger partial charge in [0.1, 0.15) is 11.2 Å². The second-order valence-electron chi connectivity index (χ2n) is 6.94. The highest BCUT2D eigenvalue weighted by molar-refractivity contribution is 7.21. The monoisotopic (exact) mass is 460 g/mol. The number of carbonyl (C=O) groups is 2. The molecule has 1 heterocycles. The van der Waals surface area contributed by atoms with Crippen molar-refractivity contribution in [2.24, 2.45) is 0 Å². The molecule has 0 saturated carbocycles. The Morgan fingerprint density at radius 2 is 2.00 bits per heavy atom. The number of likely N-dealkylation sites (N-methyl/N-ethyl adjacent to an activating group) is 1. The number of aliphatic hydroxyl groups excluding tert-OH is 1. The number of ether oxygens (including phenoxy) is 2. The standard InChI is InChI=1S/C21H24N4O6S/c1-25(11-20(28)29)10-18(26)23-24-19(27)12-31-15-8-7-13(9-16(15)30-2)21-22-14-5-3-4-6-17(14)32-21/h3-9,18,23,26H,10-12H2,1-2H3,(H,24,27)(H,28,29). The summed E-state index contributed by atoms with van der Waals surface area (Å²) in [7, 11) is 3.05. The van der Waals surface area contributed by atoms with Gasteiger partial charge in [-0.2, -0.15) is 0 Å². The number of amides is 1. The van der Waals surface area contributed by atoms with Crippen molar-refractivity contribution < 1.29 is 29.3 Å². The van der Waals surface area contributed by atoms with E-state index in [0.29, 0.717) is 11.5 Å². The molecule has 2 aromatic carbocycles. The van der Waals surface area contributed by atoms with Gasteiger partial charge in [-0.1, -0.05) is 12.1 Å². The van der Waals surface area contributed by atoms with E-state index < -0.39 is 18.1 Å². The van der Waals surface area contributed by atoms with E-state index in [4.69, 9.17) is 14.6 Å². The van der Waals surface area contributed by atoms with Crippen LogP contribution in [0.25, 0.3) is 20.8 Å². The number of carboxylic acids is 1. The molecule has 1 unspecified atom stereocenters. The first-order chi connectivity index (χ1) is 15.4. The number of methoxy groups -OCH3 is 1. The molecular formula is C21H24N4O6S. The Kier molecular flexibility index (Phi) is 7.95. The molecule has 11 heteroatoms. The minimum atomic E-state index is -1.15. The van der Waals surface area contributed by atoms with E-state index >= 15 is 0 Å². The lowest BCUT2D eigenvalue weighted by molar-refractivity contribution is -0.138. The molecule has 1 aromatic heterocycles. The highest BCUT2D eigenvalue weighted by Crippen LogP contribution is 2.35. The first-order valence-corrected chi connectivity index (χ1v) is 10.5. The van der Waals surface area contributed by atoms with Crippen LogP contribution in [-0.2, 0) is 9.59 Å². The largest absolute Gasteiger partial charge is 0.493 e. The molecule has 170 valence electrons. The molecule has 0 spiro atoms. The molecule has 10 nitrogen and oxygen atoms in total. The van der Waals surface area contributed by atoms with Crippen LogP contribution in [0, 0.1) is 0 Å². The number of thiazole rings is 1. The van der Waals surface area contributed by atoms with E-state index in [2.05, 4.69) is 15.8 Å². The Hall–Kier alpha value is -3.25. The van der Waals surface area contributed by atoms with Crippen molar-refractivity contribution in [3.05, 3.63) is 42.5 Å². The number of nitrogens with one attached hydrogen (secondary N) is 2. The van der Waals surface area contributed by atoms with Gasteiger partial charge in [-0.15, -0.1) is 11.3 Å². The van der Waals surface area contributed by atoms with E-state index in [1.807, 2.05) is 30.3 Å². The molecular weight excluding hydrogens is 436 g/mol. The number of fused-ring (bicyclic) bond motifs is 1. The maximum atomic E-state index is 12.0. The first-order valence-electron chi connectivity index (χ1n) is 9.65. The topological polar surface area (TPSA) is 133 Å². The average molecular weight is 461 g/mol. The minimum Gasteiger partial charge on any atom is -0.493 e. The second-order valence-corrected chi connectivity index (χ2v) is 7.97. The summed E-state index contributed by atoms with van der Waals surface area (Å²) in [5.41, 5.74) is 6.51. The lowest BCUT2D eigenvalue weighted by Gasteiger charge is -2.20. The fourth-order valence-electron chi connectivity index (χ4n) is 2.90. The van der Waals surface area contributed by atoms with Crippen LogP contribution in [0.3, 0.4) is 0 Å². The predicted molar refractivity (Wildman–Crippen MR) is 120 cm³/mol. The number of rotatable bonds is 11. The molecule has 0 bridgehead atoms. The van der Waals surface area contributed by atoms with Gasteiger partial charge in [0.15, 0.2) is 18.1 Å². The van der Waals surface area contributed by atoms with Crippen molar-refractivity contribution in [3.63, 3.8) is 0 Å². The van der Waals surface area contributed by atoms with Crippen LogP contribution in [0.4, 0.5) is 0 Å². The Labute approximate surface area is 188 Å². The normalized spacial score (nSPS) is 12.0. The summed E-state index contributed by atoms with van der Waals surface area (Å²) in [5, 5.41) is 19.4. The van der Waals surface area contributed by atoms with Crippen LogP contribution >= 0.6 is 11.3 Å². The molecule has 3 rings (SSSR count). The number of aliphatic hydroxyl groups is 1. The summed E-state index contributed by atoms with van der Waals surface area (Å²) in [4.78, 5) is 28.7. The zero-order chi connectivity index (χ0) is 23.1. The van der Waals surface area contributed by atoms with Crippen molar-refractivity contribution >= 4 is 33.4 Å². The molecule has 0 aliphatic rings. The Morgan fingerprint density at radius 3 is 2.72 bits per heavy atom. The Bertz CT molecular complexity index is 1060. The molecule has 0 aliphatic carbocycles. The molecule has 1 amide bonds. The van der Waals surface area contributed by atoms with Gasteiger partial charge in [0.05, 0.1) is 23.9 Å². The van der Waals surface area contributed by atoms with Gasteiger partial charge in [0, 0.05) is 12.1 Å². The van der Waals surface area contributed by atoms with Crippen LogP contribution in [0.2, 0.25) is 0 Å². The third kappa shape index (κ3) is 6.37. The van der Waals surface area contributed by atoms with E-state index in [-0.39, 0.29) is 19.7 Å². The van der Waals surface area contributed by atoms with Gasteiger partial charge in [-0.25, -0.2) is 10.4 Å². The van der Waals surface area contributed by atoms with Gasteiger partial charge in [-0.05, 0) is 37.4 Å². The Balaban J connectivity index is 1.54. The summed E-state index contributed by atoms with van der Waals surface area (Å²) >= 11 is 1.57. The zero-order valence-corrected chi connectivity index (χ0v) is 18.4. The lowest BCUT2D eigenvalue weighted by Crippen LogP contribution is -2.50. The van der Waals surface area contributed by atoms with Crippen LogP contribution in [0.15, 0.2) is 42.5 Å². The maximum Gasteiger partial charge on any atom is 0.317 e. The van der Waals surface area contributed by atoms with Gasteiger partial charge < -0.3 is 19.7 Å². The van der Waals surface area contributed by atoms with Gasteiger partial charge in [-0.3, -0.25) is 19.9 Å². The molecule has 0 saturated heterocycles. The highest BCUT2D eigenvalue weighted by atomic mass is 32.1. The zero-order valence-electron chi connectivity index (χ0n) is 17.6. The number of aliphatic carboxylic acids is 1. The van der Waals surface area contributed by atoms with Crippen LogP contribution < -0.4 is 20.3 Å². The summed E-state index contributed by atoms with van der Waals surface area (Å²) in [5.74, 6) is -0.699. The highest BCUT2D eigenvalue weighted by Gasteiger charge is 2.14. The smallest absolute Gasteiger partial charge is 0.317 e. The summed E-state index contributed by atoms with van der Waals surface area (Å²) in [6.45, 7) is -0.543. The molecule has 0 radical (unpaired) electrons. The molecule has 0 aliphatic heterocycles. The quantitative estimate of drug-likeness (QED) is 0.247. The van der Waals surface area contributed by atoms with E-state index in [0.717, 1.165) is 20.8 Å². The SMILES string of the molecule is COc1cc(-c2nc3ccccc3s2)ccc1OCC(=O)NNC(O)CN(C)CC(=O)O. The molecule has 1 atom stereocenters. The van der Waals surface area contributed by atoms with Crippen molar-refractivity contribution in [2.45, 2.75) is 6.23 Å². The molecule has 32 heavy (non-hydrogen) atoms. The van der Waals surface area contributed by atoms with Crippen LogP contribution in [-0.4, -0.2) is 72.1 Å². The first kappa shape index (κ1) is 23.4. The van der Waals surface area contributed by atoms with Crippen molar-refractivity contribution in [1.82, 2.24) is 20.7 Å². The van der Waals surface area contributed by atoms with E-state index in [9.17, 15) is 14.7 Å². The van der Waals surface area contributed by atoms with Crippen LogP contribution in [0.5, 0.6) is 11.5 Å². The maximum absolute atomic E-state index is 12.0. The number of carboxylic acid groups (broad SMARTS) is 1. The fourth-order valence-corrected chi connectivity index (χ4v) is 3.86. The van der Waals surface area contributed by atoms with Gasteiger partial charge >= 0.3 is 5.97 Å². The molecule has 3 aromatic rings. The molecule has 0 fully saturated rings. The number of hydrogen-bond donors (Lipinski definition) is 4. The summed E-state index contributed by atoms with van der Waals surface area (Å²) < 4.78 is 12.0. The van der Waals surface area contributed by atoms with Gasteiger partial charge in [0.25, 0.3) is 5.91 Å². The number of hydrogen-bond acceptors (Lipinski definition) is 9. The minimum absolute atomic E-state index is 0.00842. The summed E-state index contributed by atoms with van der Waals surface area (Å²) in [6.07, 6.45) is -1.15. The second kappa shape index (κ2) is 10.9. The van der Waals surface area contributed by atoms with Crippen molar-refractivity contribution in [1.29, 1.82) is 0 Å². The number of hydrazine groups is 1. The number of para-hydroxylation sites is 1. The third-order valence-corrected chi connectivity index (χ3v) is 5.42. The van der Waals surface area contributed by atoms with Crippen molar-refractivity contribution in [2.75, 3.05) is 33.9 Å². The predicted octanol–water partition coefficient (Wildman–Crippen LogP) is 1.31. The molecule has 4 N–H and O–H groups in total. The van der Waals surface area contributed by atoms with Gasteiger partial charge in [0.2, 0.25) is 0 Å². The number of benzene rings is 2. The van der Waals surface area contributed by atoms with E-state index in [1.54, 1.807) is 23.5 Å². The van der Waals surface area contributed by atoms with Crippen molar-refractivity contribution in [3.8, 4) is 22.1 Å². The summed E-state index contributed by atoms with van der Waals surface area (Å²) in [6, 6.07) is 13.2. The van der Waals surface area contributed by atoms with Crippen LogP contribution in [0.1, 0.15) is 0 Å². The lowest BCUT2D eigenvalue weighted by atomic mass is 10.2. The third-order valence-electron chi connectivity index (χ3n) is 4.33. The number of aromatic nitrogens is 1. The number of carbonyl (C=O) groups excluding carboxylic acids is 1. The Morgan fingerprint density at radius 1 is 1.22 bits per heavy atom. The average Bonchev–Trinajstić information content (AvgIpc) is 3.19. The fraction of sp³-hybridized carbons (Fsp3) is 0.286. The van der Waals surface area contributed by atoms with E-state index in [1.165, 1.54) is 19.1 Å². The number of nitrogens with zero attached hydrogens (tertiary/aromatic N) is 2.